The number of hydrogen-bond donors (Lipinski definition) is 0. The number of halogens is 1. The fourth-order valence-electron chi connectivity index (χ4n) is 5.18. The summed E-state index contributed by atoms with van der Waals surface area (Å²) < 4.78 is 27.4. The van der Waals surface area contributed by atoms with Gasteiger partial charge in [0.05, 0.1) is 19.8 Å². The minimum absolute atomic E-state index is 0.0496. The average molecular weight is 504 g/mol. The van der Waals surface area contributed by atoms with Crippen molar-refractivity contribution in [1.82, 2.24) is 4.90 Å². The molecule has 0 spiro atoms. The van der Waals surface area contributed by atoms with Crippen molar-refractivity contribution in [3.63, 3.8) is 0 Å². The van der Waals surface area contributed by atoms with Gasteiger partial charge in [0.15, 0.2) is 5.76 Å². The Morgan fingerprint density at radius 1 is 1.17 bits per heavy atom. The average Bonchev–Trinajstić information content (AvgIpc) is 3.52. The van der Waals surface area contributed by atoms with Crippen LogP contribution in [0.25, 0.3) is 0 Å². The van der Waals surface area contributed by atoms with Gasteiger partial charge in [-0.15, -0.1) is 0 Å². The Labute approximate surface area is 207 Å². The Morgan fingerprint density at radius 3 is 2.60 bits per heavy atom. The molecular formula is C25H26ClNO8. The first-order valence-corrected chi connectivity index (χ1v) is 12.1. The normalized spacial score (nSPS) is 26.3. The molecule has 4 aliphatic rings. The van der Waals surface area contributed by atoms with Gasteiger partial charge in [-0.25, -0.2) is 14.4 Å². The second-order valence-corrected chi connectivity index (χ2v) is 9.20. The van der Waals surface area contributed by atoms with Crippen molar-refractivity contribution < 1.29 is 38.1 Å². The van der Waals surface area contributed by atoms with Crippen LogP contribution in [0.2, 0.25) is 5.02 Å². The van der Waals surface area contributed by atoms with Crippen LogP contribution in [0.1, 0.15) is 44.8 Å². The molecule has 1 aromatic rings. The molecule has 2 heterocycles. The lowest BCUT2D eigenvalue weighted by atomic mass is 9.89. The number of nitrogens with zero attached hydrogens (tertiary/aromatic N) is 1. The first kappa shape index (κ1) is 23.5. The molecule has 2 aliphatic heterocycles. The topological polar surface area (TPSA) is 101 Å². The van der Waals surface area contributed by atoms with Gasteiger partial charge in [-0.05, 0) is 50.5 Å². The molecular weight excluding hydrogens is 478 g/mol. The largest absolute Gasteiger partial charge is 0.460 e. The summed E-state index contributed by atoms with van der Waals surface area (Å²) in [6.07, 6.45) is 2.90. The molecule has 1 saturated carbocycles. The number of carbonyl (C=O) groups excluding carboxylic acids is 3. The number of fused-ring (bicyclic) bond motifs is 1. The molecule has 3 unspecified atom stereocenters. The van der Waals surface area contributed by atoms with Crippen molar-refractivity contribution in [3.05, 3.63) is 58.0 Å². The van der Waals surface area contributed by atoms with Crippen molar-refractivity contribution in [2.24, 2.45) is 5.92 Å². The first-order chi connectivity index (χ1) is 16.9. The van der Waals surface area contributed by atoms with Gasteiger partial charge < -0.3 is 28.6 Å². The second kappa shape index (κ2) is 9.11. The van der Waals surface area contributed by atoms with E-state index >= 15 is 0 Å². The van der Waals surface area contributed by atoms with Gasteiger partial charge in [0.1, 0.15) is 11.9 Å². The highest BCUT2D eigenvalue weighted by Gasteiger charge is 2.61. The quantitative estimate of drug-likeness (QED) is 0.326. The van der Waals surface area contributed by atoms with Gasteiger partial charge in [-0.2, -0.15) is 0 Å². The predicted molar refractivity (Wildman–Crippen MR) is 122 cm³/mol. The molecule has 10 heteroatoms. The highest BCUT2D eigenvalue weighted by atomic mass is 35.5. The van der Waals surface area contributed by atoms with Gasteiger partial charge in [0, 0.05) is 23.4 Å². The SMILES string of the molecule is CCOC(=O)C1(C(=O)OCC)OC2=C(CC3C(=C2)CCC3N2CC(c3cccc(Cl)c3)OC2=O)O1. The van der Waals surface area contributed by atoms with Gasteiger partial charge in [-0.1, -0.05) is 29.3 Å². The van der Waals surface area contributed by atoms with Crippen molar-refractivity contribution in [2.45, 2.75) is 51.0 Å². The monoisotopic (exact) mass is 503 g/mol. The number of ether oxygens (including phenoxy) is 5. The summed E-state index contributed by atoms with van der Waals surface area (Å²) >= 11 is 6.11. The van der Waals surface area contributed by atoms with Crippen LogP contribution in [0, 0.1) is 5.92 Å². The number of rotatable bonds is 6. The molecule has 2 aliphatic carbocycles. The van der Waals surface area contributed by atoms with Crippen molar-refractivity contribution >= 4 is 29.6 Å². The number of allylic oxidation sites excluding steroid dienone is 2. The molecule has 3 atom stereocenters. The van der Waals surface area contributed by atoms with Crippen LogP contribution in [0.5, 0.6) is 0 Å². The standard InChI is InChI=1S/C25H26ClNO8/c1-3-31-22(28)25(23(29)32-4-2)34-19-11-14-8-9-18(17(14)12-20(19)35-25)27-13-21(33-24(27)30)15-6-5-7-16(26)10-15/h5-7,10-11,17-18,21H,3-4,8-9,12-13H2,1-2H3. The number of carbonyl (C=O) groups is 3. The minimum atomic E-state index is -2.31. The van der Waals surface area contributed by atoms with Crippen molar-refractivity contribution in [1.29, 1.82) is 0 Å². The Balaban J connectivity index is 1.34. The molecule has 0 N–H and O–H groups in total. The summed E-state index contributed by atoms with van der Waals surface area (Å²) in [7, 11) is 0. The minimum Gasteiger partial charge on any atom is -0.460 e. The molecule has 0 aromatic heterocycles. The predicted octanol–water partition coefficient (Wildman–Crippen LogP) is 4.02. The highest BCUT2D eigenvalue weighted by Crippen LogP contribution is 2.49. The Kier molecular flexibility index (Phi) is 6.13. The number of amides is 1. The van der Waals surface area contributed by atoms with Crippen LogP contribution in [0.15, 0.2) is 47.4 Å². The molecule has 5 rings (SSSR count). The molecule has 0 bridgehead atoms. The van der Waals surface area contributed by atoms with E-state index in [0.29, 0.717) is 29.5 Å². The fraction of sp³-hybridized carbons (Fsp3) is 0.480. The Bertz CT molecular complexity index is 1110. The van der Waals surface area contributed by atoms with E-state index in [1.54, 1.807) is 37.0 Å². The molecule has 0 radical (unpaired) electrons. The molecule has 2 fully saturated rings. The lowest BCUT2D eigenvalue weighted by Gasteiger charge is -2.29. The van der Waals surface area contributed by atoms with E-state index in [2.05, 4.69) is 0 Å². The van der Waals surface area contributed by atoms with Gasteiger partial charge >= 0.3 is 23.8 Å². The van der Waals surface area contributed by atoms with Crippen LogP contribution < -0.4 is 0 Å². The van der Waals surface area contributed by atoms with Crippen molar-refractivity contribution in [2.75, 3.05) is 19.8 Å². The summed E-state index contributed by atoms with van der Waals surface area (Å²) in [6.45, 7) is 3.76. The van der Waals surface area contributed by atoms with Crippen LogP contribution >= 0.6 is 11.6 Å². The molecule has 1 amide bonds. The third kappa shape index (κ3) is 4.01. The van der Waals surface area contributed by atoms with Crippen LogP contribution in [-0.2, 0) is 33.3 Å². The van der Waals surface area contributed by atoms with Crippen LogP contribution in [-0.4, -0.2) is 54.5 Å². The first-order valence-electron chi connectivity index (χ1n) is 11.7. The maximum absolute atomic E-state index is 12.8. The summed E-state index contributed by atoms with van der Waals surface area (Å²) in [6, 6.07) is 7.18. The van der Waals surface area contributed by atoms with Crippen molar-refractivity contribution in [3.8, 4) is 0 Å². The maximum atomic E-state index is 12.8. The number of benzene rings is 1. The summed E-state index contributed by atoms with van der Waals surface area (Å²) in [5.41, 5.74) is 1.91. The molecule has 1 saturated heterocycles. The zero-order valence-corrected chi connectivity index (χ0v) is 20.2. The lowest BCUT2D eigenvalue weighted by molar-refractivity contribution is -0.220. The van der Waals surface area contributed by atoms with Gasteiger partial charge in [0.25, 0.3) is 0 Å². The summed E-state index contributed by atoms with van der Waals surface area (Å²) in [5, 5.41) is 0.583. The molecule has 1 aromatic carbocycles. The molecule has 9 nitrogen and oxygen atoms in total. The van der Waals surface area contributed by atoms with E-state index in [-0.39, 0.29) is 31.3 Å². The second-order valence-electron chi connectivity index (χ2n) is 8.76. The zero-order valence-electron chi connectivity index (χ0n) is 19.5. The Morgan fingerprint density at radius 2 is 1.91 bits per heavy atom. The summed E-state index contributed by atoms with van der Waals surface area (Å²) in [5.74, 6) is -3.60. The van der Waals surface area contributed by atoms with E-state index in [1.165, 1.54) is 0 Å². The molecule has 35 heavy (non-hydrogen) atoms. The maximum Gasteiger partial charge on any atom is 0.453 e. The van der Waals surface area contributed by atoms with E-state index in [4.69, 9.17) is 35.3 Å². The third-order valence-corrected chi connectivity index (χ3v) is 6.97. The lowest BCUT2D eigenvalue weighted by Crippen LogP contribution is -2.50. The summed E-state index contributed by atoms with van der Waals surface area (Å²) in [4.78, 5) is 39.9. The Hall–Kier alpha value is -3.20. The fourth-order valence-corrected chi connectivity index (χ4v) is 5.38. The number of esters is 2. The van der Waals surface area contributed by atoms with Gasteiger partial charge in [-0.3, -0.25) is 0 Å². The van der Waals surface area contributed by atoms with Crippen LogP contribution in [0.4, 0.5) is 4.79 Å². The van der Waals surface area contributed by atoms with E-state index < -0.39 is 23.8 Å². The number of cyclic esters (lactones) is 1. The zero-order chi connectivity index (χ0) is 24.7. The smallest absolute Gasteiger partial charge is 0.453 e. The highest BCUT2D eigenvalue weighted by molar-refractivity contribution is 6.30. The van der Waals surface area contributed by atoms with Gasteiger partial charge in [0.2, 0.25) is 0 Å². The molecule has 186 valence electrons. The van der Waals surface area contributed by atoms with Crippen LogP contribution in [0.3, 0.4) is 0 Å². The third-order valence-electron chi connectivity index (χ3n) is 6.74. The van der Waals surface area contributed by atoms with E-state index in [0.717, 1.165) is 24.0 Å². The number of hydrogen-bond acceptors (Lipinski definition) is 8. The van der Waals surface area contributed by atoms with E-state index in [9.17, 15) is 14.4 Å². The van der Waals surface area contributed by atoms with E-state index in [1.807, 2.05) is 12.1 Å².